The highest BCUT2D eigenvalue weighted by atomic mass is 35.5. The van der Waals surface area contributed by atoms with Crippen LogP contribution in [0.5, 0.6) is 5.75 Å². The molecular weight excluding hydrogens is 294 g/mol. The van der Waals surface area contributed by atoms with Gasteiger partial charge in [-0.15, -0.1) is 0 Å². The van der Waals surface area contributed by atoms with E-state index >= 15 is 0 Å². The molecule has 1 aromatic rings. The molecule has 21 heavy (non-hydrogen) atoms. The molecule has 1 aromatic carbocycles. The summed E-state index contributed by atoms with van der Waals surface area (Å²) in [6.45, 7) is 4.92. The molecule has 5 nitrogen and oxygen atoms in total. The SMILES string of the molecule is COCC(C)OCC(O)CNc1cc(C)c(Cl)cc1OC. The fourth-order valence-electron chi connectivity index (χ4n) is 1.82. The molecule has 120 valence electrons. The third kappa shape index (κ3) is 6.09. The second-order valence-corrected chi connectivity index (χ2v) is 5.34. The van der Waals surface area contributed by atoms with Crippen LogP contribution in [0.4, 0.5) is 5.69 Å². The lowest BCUT2D eigenvalue weighted by Gasteiger charge is -2.18. The first-order valence-electron chi connectivity index (χ1n) is 6.84. The molecule has 0 bridgehead atoms. The molecule has 2 unspecified atom stereocenters. The van der Waals surface area contributed by atoms with Gasteiger partial charge < -0.3 is 24.6 Å². The van der Waals surface area contributed by atoms with Crippen LogP contribution < -0.4 is 10.1 Å². The van der Waals surface area contributed by atoms with Crippen molar-refractivity contribution in [3.8, 4) is 5.75 Å². The van der Waals surface area contributed by atoms with Gasteiger partial charge in [0.2, 0.25) is 0 Å². The van der Waals surface area contributed by atoms with Crippen molar-refractivity contribution in [1.29, 1.82) is 0 Å². The van der Waals surface area contributed by atoms with Crippen LogP contribution in [0.25, 0.3) is 0 Å². The van der Waals surface area contributed by atoms with E-state index in [0.717, 1.165) is 11.3 Å². The van der Waals surface area contributed by atoms with E-state index in [-0.39, 0.29) is 12.7 Å². The molecule has 0 amide bonds. The number of aryl methyl sites for hydroxylation is 1. The Morgan fingerprint density at radius 2 is 2.00 bits per heavy atom. The lowest BCUT2D eigenvalue weighted by molar-refractivity contribution is -0.0282. The van der Waals surface area contributed by atoms with Gasteiger partial charge in [0.15, 0.2) is 0 Å². The average Bonchev–Trinajstić information content (AvgIpc) is 2.46. The number of anilines is 1. The van der Waals surface area contributed by atoms with Gasteiger partial charge in [0.05, 0.1) is 38.2 Å². The molecular formula is C15H24ClNO4. The van der Waals surface area contributed by atoms with E-state index in [1.54, 1.807) is 20.3 Å². The Hall–Kier alpha value is -1.01. The zero-order valence-electron chi connectivity index (χ0n) is 13.0. The molecule has 6 heteroatoms. The lowest BCUT2D eigenvalue weighted by Crippen LogP contribution is -2.28. The first-order chi connectivity index (χ1) is 9.97. The summed E-state index contributed by atoms with van der Waals surface area (Å²) in [4.78, 5) is 0. The van der Waals surface area contributed by atoms with E-state index in [0.29, 0.717) is 23.9 Å². The van der Waals surface area contributed by atoms with Gasteiger partial charge in [-0.1, -0.05) is 11.6 Å². The number of nitrogens with one attached hydrogen (secondary N) is 1. The Labute approximate surface area is 131 Å². The topological polar surface area (TPSA) is 60.0 Å². The summed E-state index contributed by atoms with van der Waals surface area (Å²) in [6.07, 6.45) is -0.665. The maximum atomic E-state index is 9.92. The van der Waals surface area contributed by atoms with E-state index in [1.165, 1.54) is 0 Å². The summed E-state index contributed by atoms with van der Waals surface area (Å²) in [5.74, 6) is 0.645. The molecule has 0 saturated heterocycles. The summed E-state index contributed by atoms with van der Waals surface area (Å²) in [6, 6.07) is 3.64. The van der Waals surface area contributed by atoms with Gasteiger partial charge in [-0.2, -0.15) is 0 Å². The van der Waals surface area contributed by atoms with Crippen molar-refractivity contribution >= 4 is 17.3 Å². The number of methoxy groups -OCH3 is 2. The maximum Gasteiger partial charge on any atom is 0.143 e. The van der Waals surface area contributed by atoms with Crippen LogP contribution in [0.1, 0.15) is 12.5 Å². The van der Waals surface area contributed by atoms with E-state index in [9.17, 15) is 5.11 Å². The molecule has 0 aromatic heterocycles. The quantitative estimate of drug-likeness (QED) is 0.733. The standard InChI is InChI=1S/C15H24ClNO4/c1-10-5-14(15(20-4)6-13(10)16)17-7-12(18)9-21-11(2)8-19-3/h5-6,11-12,17-18H,7-9H2,1-4H3. The minimum Gasteiger partial charge on any atom is -0.495 e. The minimum absolute atomic E-state index is 0.0445. The van der Waals surface area contributed by atoms with Crippen LogP contribution in [0.3, 0.4) is 0 Å². The summed E-state index contributed by atoms with van der Waals surface area (Å²) < 4.78 is 15.7. The van der Waals surface area contributed by atoms with Gasteiger partial charge in [-0.05, 0) is 25.5 Å². The molecule has 0 fully saturated rings. The number of ether oxygens (including phenoxy) is 3. The van der Waals surface area contributed by atoms with Gasteiger partial charge in [0, 0.05) is 24.7 Å². The Morgan fingerprint density at radius 3 is 2.62 bits per heavy atom. The highest BCUT2D eigenvalue weighted by molar-refractivity contribution is 6.31. The number of benzene rings is 1. The van der Waals surface area contributed by atoms with Gasteiger partial charge in [-0.3, -0.25) is 0 Å². The van der Waals surface area contributed by atoms with Crippen molar-refractivity contribution in [3.63, 3.8) is 0 Å². The van der Waals surface area contributed by atoms with Gasteiger partial charge >= 0.3 is 0 Å². The maximum absolute atomic E-state index is 9.92. The van der Waals surface area contributed by atoms with E-state index in [2.05, 4.69) is 5.32 Å². The third-order valence-electron chi connectivity index (χ3n) is 2.98. The average molecular weight is 318 g/mol. The molecule has 1 rings (SSSR count). The highest BCUT2D eigenvalue weighted by Crippen LogP contribution is 2.30. The molecule has 0 saturated carbocycles. The normalized spacial score (nSPS) is 13.8. The summed E-state index contributed by atoms with van der Waals surface area (Å²) in [5.41, 5.74) is 1.74. The number of aliphatic hydroxyl groups is 1. The second kappa shape index (κ2) is 9.10. The van der Waals surface area contributed by atoms with Crippen LogP contribution >= 0.6 is 11.6 Å². The van der Waals surface area contributed by atoms with Gasteiger partial charge in [-0.25, -0.2) is 0 Å². The molecule has 0 radical (unpaired) electrons. The monoisotopic (exact) mass is 317 g/mol. The number of rotatable bonds is 9. The van der Waals surface area contributed by atoms with Crippen LogP contribution in [-0.4, -0.2) is 51.3 Å². The Balaban J connectivity index is 2.49. The molecule has 0 aliphatic heterocycles. The Morgan fingerprint density at radius 1 is 1.29 bits per heavy atom. The Bertz CT molecular complexity index is 442. The number of halogens is 1. The predicted octanol–water partition coefficient (Wildman–Crippen LogP) is 2.48. The van der Waals surface area contributed by atoms with E-state index < -0.39 is 6.10 Å². The minimum atomic E-state index is -0.620. The van der Waals surface area contributed by atoms with E-state index in [1.807, 2.05) is 19.9 Å². The molecule has 2 atom stereocenters. The summed E-state index contributed by atoms with van der Waals surface area (Å²) in [7, 11) is 3.20. The molecule has 0 aliphatic rings. The van der Waals surface area contributed by atoms with Crippen molar-refractivity contribution in [3.05, 3.63) is 22.7 Å². The lowest BCUT2D eigenvalue weighted by atomic mass is 10.2. The third-order valence-corrected chi connectivity index (χ3v) is 3.39. The van der Waals surface area contributed by atoms with Gasteiger partial charge in [0.25, 0.3) is 0 Å². The van der Waals surface area contributed by atoms with Gasteiger partial charge in [0.1, 0.15) is 5.75 Å². The van der Waals surface area contributed by atoms with E-state index in [4.69, 9.17) is 25.8 Å². The number of aliphatic hydroxyl groups excluding tert-OH is 1. The van der Waals surface area contributed by atoms with Crippen molar-refractivity contribution in [2.75, 3.05) is 39.3 Å². The number of hydrogen-bond acceptors (Lipinski definition) is 5. The molecule has 2 N–H and O–H groups in total. The zero-order chi connectivity index (χ0) is 15.8. The van der Waals surface area contributed by atoms with Crippen molar-refractivity contribution in [2.24, 2.45) is 0 Å². The van der Waals surface area contributed by atoms with Crippen molar-refractivity contribution < 1.29 is 19.3 Å². The first kappa shape index (κ1) is 18.0. The van der Waals surface area contributed by atoms with Crippen LogP contribution in [0.2, 0.25) is 5.02 Å². The molecule has 0 heterocycles. The van der Waals surface area contributed by atoms with Crippen molar-refractivity contribution in [2.45, 2.75) is 26.1 Å². The zero-order valence-corrected chi connectivity index (χ0v) is 13.7. The molecule has 0 spiro atoms. The smallest absolute Gasteiger partial charge is 0.143 e. The summed E-state index contributed by atoms with van der Waals surface area (Å²) >= 11 is 6.05. The number of hydrogen-bond donors (Lipinski definition) is 2. The fraction of sp³-hybridized carbons (Fsp3) is 0.600. The van der Waals surface area contributed by atoms with Crippen LogP contribution in [0, 0.1) is 6.92 Å². The first-order valence-corrected chi connectivity index (χ1v) is 7.22. The largest absolute Gasteiger partial charge is 0.495 e. The van der Waals surface area contributed by atoms with Crippen molar-refractivity contribution in [1.82, 2.24) is 0 Å². The second-order valence-electron chi connectivity index (χ2n) is 4.94. The predicted molar refractivity (Wildman–Crippen MR) is 84.5 cm³/mol. The Kier molecular flexibility index (Phi) is 7.82. The fourth-order valence-corrected chi connectivity index (χ4v) is 1.97. The molecule has 0 aliphatic carbocycles. The highest BCUT2D eigenvalue weighted by Gasteiger charge is 2.11. The summed E-state index contributed by atoms with van der Waals surface area (Å²) in [5, 5.41) is 13.7. The van der Waals surface area contributed by atoms with Crippen LogP contribution in [-0.2, 0) is 9.47 Å². The van der Waals surface area contributed by atoms with Crippen LogP contribution in [0.15, 0.2) is 12.1 Å².